The van der Waals surface area contributed by atoms with Gasteiger partial charge in [0.05, 0.1) is 5.92 Å². The number of aliphatic hydroxyl groups excluding tert-OH is 1. The summed E-state index contributed by atoms with van der Waals surface area (Å²) in [5.41, 5.74) is 5.95. The Labute approximate surface area is 107 Å². The lowest BCUT2D eigenvalue weighted by molar-refractivity contribution is -0.143. The molecule has 0 radical (unpaired) electrons. The SMILES string of the molecule is NC1CCCCCC1C(=O)N[C@H](CCO)C(=O)O. The average Bonchev–Trinajstić information content (AvgIpc) is 2.53. The summed E-state index contributed by atoms with van der Waals surface area (Å²) in [6, 6.07) is -1.23. The maximum absolute atomic E-state index is 12.0. The summed E-state index contributed by atoms with van der Waals surface area (Å²) < 4.78 is 0. The fraction of sp³-hybridized carbons (Fsp3) is 0.833. The molecule has 1 aliphatic carbocycles. The Balaban J connectivity index is 2.58. The molecule has 3 atom stereocenters. The van der Waals surface area contributed by atoms with Gasteiger partial charge in [0.2, 0.25) is 5.91 Å². The number of carbonyl (C=O) groups is 2. The van der Waals surface area contributed by atoms with E-state index in [0.717, 1.165) is 25.7 Å². The monoisotopic (exact) mass is 258 g/mol. The van der Waals surface area contributed by atoms with Gasteiger partial charge >= 0.3 is 5.97 Å². The molecule has 1 fully saturated rings. The van der Waals surface area contributed by atoms with Crippen LogP contribution >= 0.6 is 0 Å². The first-order chi connectivity index (χ1) is 8.56. The van der Waals surface area contributed by atoms with Gasteiger partial charge in [0.25, 0.3) is 0 Å². The molecule has 0 saturated heterocycles. The van der Waals surface area contributed by atoms with Gasteiger partial charge < -0.3 is 21.3 Å². The van der Waals surface area contributed by atoms with E-state index in [1.54, 1.807) is 0 Å². The molecule has 1 amide bonds. The van der Waals surface area contributed by atoms with E-state index in [9.17, 15) is 9.59 Å². The van der Waals surface area contributed by atoms with Crippen LogP contribution in [0.15, 0.2) is 0 Å². The number of amides is 1. The van der Waals surface area contributed by atoms with Crippen LogP contribution in [0.2, 0.25) is 0 Å². The molecule has 1 rings (SSSR count). The summed E-state index contributed by atoms with van der Waals surface area (Å²) in [4.78, 5) is 22.9. The third kappa shape index (κ3) is 4.27. The average molecular weight is 258 g/mol. The number of carboxylic acids is 1. The van der Waals surface area contributed by atoms with E-state index >= 15 is 0 Å². The number of carbonyl (C=O) groups excluding carboxylic acids is 1. The Kier molecular flexibility index (Phi) is 6.07. The zero-order chi connectivity index (χ0) is 13.5. The minimum Gasteiger partial charge on any atom is -0.480 e. The van der Waals surface area contributed by atoms with Gasteiger partial charge in [0.15, 0.2) is 0 Å². The molecular weight excluding hydrogens is 236 g/mol. The van der Waals surface area contributed by atoms with E-state index < -0.39 is 12.0 Å². The van der Waals surface area contributed by atoms with Crippen molar-refractivity contribution in [2.24, 2.45) is 11.7 Å². The van der Waals surface area contributed by atoms with E-state index in [1.165, 1.54) is 0 Å². The van der Waals surface area contributed by atoms with Crippen LogP contribution in [0.1, 0.15) is 38.5 Å². The highest BCUT2D eigenvalue weighted by Gasteiger charge is 2.29. The highest BCUT2D eigenvalue weighted by Crippen LogP contribution is 2.22. The van der Waals surface area contributed by atoms with Crippen molar-refractivity contribution in [2.75, 3.05) is 6.61 Å². The quantitative estimate of drug-likeness (QED) is 0.512. The molecule has 0 heterocycles. The fourth-order valence-electron chi connectivity index (χ4n) is 2.33. The summed E-state index contributed by atoms with van der Waals surface area (Å²) in [5.74, 6) is -1.74. The minimum absolute atomic E-state index is 0.0169. The van der Waals surface area contributed by atoms with Crippen LogP contribution in [-0.4, -0.2) is 40.8 Å². The molecular formula is C12H22N2O4. The van der Waals surface area contributed by atoms with Crippen molar-refractivity contribution in [3.8, 4) is 0 Å². The highest BCUT2D eigenvalue weighted by atomic mass is 16.4. The van der Waals surface area contributed by atoms with Gasteiger partial charge in [-0.05, 0) is 12.8 Å². The molecule has 2 unspecified atom stereocenters. The van der Waals surface area contributed by atoms with Crippen LogP contribution in [0.5, 0.6) is 0 Å². The van der Waals surface area contributed by atoms with Gasteiger partial charge in [-0.15, -0.1) is 0 Å². The predicted molar refractivity (Wildman–Crippen MR) is 65.8 cm³/mol. The van der Waals surface area contributed by atoms with Gasteiger partial charge in [0.1, 0.15) is 6.04 Å². The molecule has 6 heteroatoms. The van der Waals surface area contributed by atoms with E-state index in [0.29, 0.717) is 6.42 Å². The standard InChI is InChI=1S/C12H22N2O4/c13-9-5-3-1-2-4-8(9)11(16)14-10(6-7-15)12(17)18/h8-10,15H,1-7,13H2,(H,14,16)(H,17,18)/t8?,9?,10-/m1/s1. The Bertz CT molecular complexity index is 296. The van der Waals surface area contributed by atoms with Gasteiger partial charge in [-0.2, -0.15) is 0 Å². The summed E-state index contributed by atoms with van der Waals surface area (Å²) >= 11 is 0. The number of nitrogens with one attached hydrogen (secondary N) is 1. The van der Waals surface area contributed by atoms with E-state index in [-0.39, 0.29) is 30.9 Å². The molecule has 6 nitrogen and oxygen atoms in total. The van der Waals surface area contributed by atoms with E-state index in [4.69, 9.17) is 15.9 Å². The van der Waals surface area contributed by atoms with Crippen LogP contribution < -0.4 is 11.1 Å². The molecule has 5 N–H and O–H groups in total. The summed E-state index contributed by atoms with van der Waals surface area (Å²) in [6.45, 7) is -0.270. The Morgan fingerprint density at radius 1 is 1.28 bits per heavy atom. The minimum atomic E-state index is -1.13. The zero-order valence-electron chi connectivity index (χ0n) is 10.5. The van der Waals surface area contributed by atoms with Gasteiger partial charge in [-0.3, -0.25) is 4.79 Å². The molecule has 0 aromatic carbocycles. The van der Waals surface area contributed by atoms with Crippen molar-refractivity contribution in [3.63, 3.8) is 0 Å². The van der Waals surface area contributed by atoms with Crippen molar-refractivity contribution in [3.05, 3.63) is 0 Å². The molecule has 18 heavy (non-hydrogen) atoms. The van der Waals surface area contributed by atoms with Gasteiger partial charge in [-0.1, -0.05) is 19.3 Å². The second kappa shape index (κ2) is 7.33. The Morgan fingerprint density at radius 3 is 2.56 bits per heavy atom. The lowest BCUT2D eigenvalue weighted by Gasteiger charge is -2.22. The van der Waals surface area contributed by atoms with Crippen LogP contribution in [0, 0.1) is 5.92 Å². The first kappa shape index (κ1) is 14.9. The number of aliphatic hydroxyl groups is 1. The van der Waals surface area contributed by atoms with Gasteiger partial charge in [-0.25, -0.2) is 4.79 Å². The Hall–Kier alpha value is -1.14. The summed E-state index contributed by atoms with van der Waals surface area (Å²) in [6.07, 6.45) is 4.56. The largest absolute Gasteiger partial charge is 0.480 e. The molecule has 1 saturated carbocycles. The number of hydrogen-bond donors (Lipinski definition) is 4. The summed E-state index contributed by atoms with van der Waals surface area (Å²) in [5, 5.41) is 20.1. The molecule has 0 spiro atoms. The highest BCUT2D eigenvalue weighted by molar-refractivity contribution is 5.85. The zero-order valence-corrected chi connectivity index (χ0v) is 10.5. The van der Waals surface area contributed by atoms with Crippen molar-refractivity contribution >= 4 is 11.9 Å². The smallest absolute Gasteiger partial charge is 0.326 e. The van der Waals surface area contributed by atoms with Crippen LogP contribution in [-0.2, 0) is 9.59 Å². The van der Waals surface area contributed by atoms with Gasteiger partial charge in [0, 0.05) is 19.1 Å². The molecule has 0 aromatic heterocycles. The lowest BCUT2D eigenvalue weighted by atomic mass is 9.94. The van der Waals surface area contributed by atoms with Crippen LogP contribution in [0.25, 0.3) is 0 Å². The first-order valence-corrected chi connectivity index (χ1v) is 6.46. The number of carboxylic acid groups (broad SMARTS) is 1. The molecule has 1 aliphatic rings. The number of nitrogens with two attached hydrogens (primary N) is 1. The first-order valence-electron chi connectivity index (χ1n) is 6.46. The fourth-order valence-corrected chi connectivity index (χ4v) is 2.33. The lowest BCUT2D eigenvalue weighted by Crippen LogP contribution is -2.48. The second-order valence-corrected chi connectivity index (χ2v) is 4.82. The molecule has 0 aliphatic heterocycles. The van der Waals surface area contributed by atoms with Crippen molar-refractivity contribution in [1.82, 2.24) is 5.32 Å². The molecule has 0 bridgehead atoms. The second-order valence-electron chi connectivity index (χ2n) is 4.82. The Morgan fingerprint density at radius 2 is 1.94 bits per heavy atom. The predicted octanol–water partition coefficient (Wildman–Crippen LogP) is -0.154. The molecule has 104 valence electrons. The maximum atomic E-state index is 12.0. The van der Waals surface area contributed by atoms with Crippen molar-refractivity contribution in [1.29, 1.82) is 0 Å². The topological polar surface area (TPSA) is 113 Å². The van der Waals surface area contributed by atoms with Crippen molar-refractivity contribution < 1.29 is 19.8 Å². The third-order valence-electron chi connectivity index (χ3n) is 3.44. The molecule has 0 aromatic rings. The summed E-state index contributed by atoms with van der Waals surface area (Å²) in [7, 11) is 0. The number of aliphatic carboxylic acids is 1. The van der Waals surface area contributed by atoms with Crippen LogP contribution in [0.3, 0.4) is 0 Å². The number of rotatable bonds is 5. The normalized spacial score (nSPS) is 26.1. The van der Waals surface area contributed by atoms with E-state index in [2.05, 4.69) is 5.32 Å². The third-order valence-corrected chi connectivity index (χ3v) is 3.44. The number of hydrogen-bond acceptors (Lipinski definition) is 4. The van der Waals surface area contributed by atoms with Crippen molar-refractivity contribution in [2.45, 2.75) is 50.6 Å². The van der Waals surface area contributed by atoms with E-state index in [1.807, 2.05) is 0 Å². The maximum Gasteiger partial charge on any atom is 0.326 e. The van der Waals surface area contributed by atoms with Crippen LogP contribution in [0.4, 0.5) is 0 Å².